The van der Waals surface area contributed by atoms with Crippen molar-refractivity contribution in [1.82, 2.24) is 4.90 Å². The van der Waals surface area contributed by atoms with Crippen LogP contribution in [0.1, 0.15) is 12.8 Å². The van der Waals surface area contributed by atoms with Crippen molar-refractivity contribution in [1.29, 1.82) is 0 Å². The van der Waals surface area contributed by atoms with Crippen molar-refractivity contribution >= 4 is 5.91 Å². The SMILES string of the molecule is NCCC(=O)N1CC(O)CC1CN. The average Bonchev–Trinajstić information content (AvgIpc) is 2.47. The molecule has 1 amide bonds. The fraction of sp³-hybridized carbons (Fsp3) is 0.875. The van der Waals surface area contributed by atoms with Crippen LogP contribution in [0.4, 0.5) is 0 Å². The van der Waals surface area contributed by atoms with Gasteiger partial charge in [0.05, 0.1) is 6.10 Å². The second-order valence-electron chi connectivity index (χ2n) is 3.36. The van der Waals surface area contributed by atoms with Gasteiger partial charge in [0.15, 0.2) is 0 Å². The first-order valence-corrected chi connectivity index (χ1v) is 4.56. The summed E-state index contributed by atoms with van der Waals surface area (Å²) in [7, 11) is 0. The molecule has 0 saturated carbocycles. The molecule has 0 bridgehead atoms. The average molecular weight is 187 g/mol. The van der Waals surface area contributed by atoms with Gasteiger partial charge in [-0.05, 0) is 6.42 Å². The molecule has 0 aromatic rings. The maximum Gasteiger partial charge on any atom is 0.224 e. The molecule has 0 aliphatic carbocycles. The number of aliphatic hydroxyl groups is 1. The van der Waals surface area contributed by atoms with E-state index in [0.717, 1.165) is 0 Å². The number of likely N-dealkylation sites (tertiary alicyclic amines) is 1. The third-order valence-electron chi connectivity index (χ3n) is 2.34. The summed E-state index contributed by atoms with van der Waals surface area (Å²) in [4.78, 5) is 13.1. The molecule has 0 radical (unpaired) electrons. The van der Waals surface area contributed by atoms with Crippen LogP contribution in [-0.2, 0) is 4.79 Å². The Morgan fingerprint density at radius 2 is 2.23 bits per heavy atom. The van der Waals surface area contributed by atoms with Gasteiger partial charge in [-0.2, -0.15) is 0 Å². The monoisotopic (exact) mass is 187 g/mol. The number of β-amino-alcohol motifs (C(OH)–C–C–N with tert-alkyl or cyclic N) is 1. The van der Waals surface area contributed by atoms with Crippen LogP contribution in [0.15, 0.2) is 0 Å². The summed E-state index contributed by atoms with van der Waals surface area (Å²) in [6, 6.07) is -0.00551. The highest BCUT2D eigenvalue weighted by atomic mass is 16.3. The zero-order valence-electron chi connectivity index (χ0n) is 7.65. The number of aliphatic hydroxyl groups excluding tert-OH is 1. The van der Waals surface area contributed by atoms with Crippen molar-refractivity contribution in [3.05, 3.63) is 0 Å². The Bertz CT molecular complexity index is 186. The van der Waals surface area contributed by atoms with E-state index in [0.29, 0.717) is 32.5 Å². The van der Waals surface area contributed by atoms with Gasteiger partial charge in [0, 0.05) is 32.1 Å². The van der Waals surface area contributed by atoms with Crippen LogP contribution >= 0.6 is 0 Å². The number of hydrogen-bond donors (Lipinski definition) is 3. The van der Waals surface area contributed by atoms with Crippen molar-refractivity contribution in [3.63, 3.8) is 0 Å². The normalized spacial score (nSPS) is 28.1. The zero-order valence-corrected chi connectivity index (χ0v) is 7.65. The number of nitrogens with two attached hydrogens (primary N) is 2. The molecule has 0 spiro atoms. The molecule has 1 aliphatic heterocycles. The van der Waals surface area contributed by atoms with Gasteiger partial charge in [-0.3, -0.25) is 4.79 Å². The maximum atomic E-state index is 11.4. The van der Waals surface area contributed by atoms with Crippen LogP contribution in [0, 0.1) is 0 Å². The Kier molecular flexibility index (Phi) is 3.65. The quantitative estimate of drug-likeness (QED) is 0.489. The Labute approximate surface area is 77.7 Å². The lowest BCUT2D eigenvalue weighted by Gasteiger charge is -2.22. The first-order valence-electron chi connectivity index (χ1n) is 4.56. The summed E-state index contributed by atoms with van der Waals surface area (Å²) in [5, 5.41) is 9.34. The molecule has 0 aromatic heterocycles. The molecule has 1 saturated heterocycles. The van der Waals surface area contributed by atoms with Gasteiger partial charge in [-0.1, -0.05) is 0 Å². The number of amides is 1. The molecule has 0 aromatic carbocycles. The Morgan fingerprint density at radius 3 is 2.77 bits per heavy atom. The van der Waals surface area contributed by atoms with E-state index in [2.05, 4.69) is 0 Å². The summed E-state index contributed by atoms with van der Waals surface area (Å²) < 4.78 is 0. The molecular weight excluding hydrogens is 170 g/mol. The highest BCUT2D eigenvalue weighted by molar-refractivity contribution is 5.77. The first-order chi connectivity index (χ1) is 6.19. The molecule has 5 nitrogen and oxygen atoms in total. The van der Waals surface area contributed by atoms with Crippen LogP contribution < -0.4 is 11.5 Å². The molecule has 1 rings (SSSR count). The second kappa shape index (κ2) is 4.55. The smallest absolute Gasteiger partial charge is 0.224 e. The van der Waals surface area contributed by atoms with Crippen molar-refractivity contribution < 1.29 is 9.90 Å². The number of hydrogen-bond acceptors (Lipinski definition) is 4. The molecule has 13 heavy (non-hydrogen) atoms. The molecule has 5 N–H and O–H groups in total. The first kappa shape index (κ1) is 10.4. The molecule has 76 valence electrons. The highest BCUT2D eigenvalue weighted by Gasteiger charge is 2.32. The number of carbonyl (C=O) groups is 1. The molecule has 2 atom stereocenters. The molecule has 5 heteroatoms. The van der Waals surface area contributed by atoms with E-state index in [1.165, 1.54) is 0 Å². The standard InChI is InChI=1S/C8H17N3O2/c9-2-1-8(13)11-5-7(12)3-6(11)4-10/h6-7,12H,1-5,9-10H2. The van der Waals surface area contributed by atoms with Gasteiger partial charge in [0.25, 0.3) is 0 Å². The Hall–Kier alpha value is -0.650. The van der Waals surface area contributed by atoms with Gasteiger partial charge in [0.2, 0.25) is 5.91 Å². The third-order valence-corrected chi connectivity index (χ3v) is 2.34. The molecule has 1 aliphatic rings. The van der Waals surface area contributed by atoms with E-state index >= 15 is 0 Å². The van der Waals surface area contributed by atoms with E-state index in [4.69, 9.17) is 11.5 Å². The van der Waals surface area contributed by atoms with Crippen LogP contribution in [0.2, 0.25) is 0 Å². The van der Waals surface area contributed by atoms with Crippen molar-refractivity contribution in [2.24, 2.45) is 11.5 Å². The minimum absolute atomic E-state index is 0.00509. The zero-order chi connectivity index (χ0) is 9.84. The Morgan fingerprint density at radius 1 is 1.54 bits per heavy atom. The maximum absolute atomic E-state index is 11.4. The largest absolute Gasteiger partial charge is 0.391 e. The minimum Gasteiger partial charge on any atom is -0.391 e. The fourth-order valence-corrected chi connectivity index (χ4v) is 1.69. The molecule has 1 heterocycles. The summed E-state index contributed by atoms with van der Waals surface area (Å²) in [5.74, 6) is -0.00509. The lowest BCUT2D eigenvalue weighted by molar-refractivity contribution is -0.131. The van der Waals surface area contributed by atoms with Crippen LogP contribution in [-0.4, -0.2) is 47.7 Å². The van der Waals surface area contributed by atoms with E-state index in [1.54, 1.807) is 4.90 Å². The van der Waals surface area contributed by atoms with Crippen molar-refractivity contribution in [2.75, 3.05) is 19.6 Å². The predicted molar refractivity (Wildman–Crippen MR) is 48.9 cm³/mol. The lowest BCUT2D eigenvalue weighted by atomic mass is 10.2. The highest BCUT2D eigenvalue weighted by Crippen LogP contribution is 2.17. The number of nitrogens with zero attached hydrogens (tertiary/aromatic N) is 1. The van der Waals surface area contributed by atoms with E-state index < -0.39 is 6.10 Å². The van der Waals surface area contributed by atoms with Gasteiger partial charge in [-0.15, -0.1) is 0 Å². The topological polar surface area (TPSA) is 92.6 Å². The minimum atomic E-state index is -0.421. The van der Waals surface area contributed by atoms with Gasteiger partial charge in [0.1, 0.15) is 0 Å². The number of carbonyl (C=O) groups excluding carboxylic acids is 1. The van der Waals surface area contributed by atoms with Crippen LogP contribution in [0.25, 0.3) is 0 Å². The van der Waals surface area contributed by atoms with Crippen LogP contribution in [0.5, 0.6) is 0 Å². The van der Waals surface area contributed by atoms with Gasteiger partial charge < -0.3 is 21.5 Å². The summed E-state index contributed by atoms with van der Waals surface area (Å²) in [5.41, 5.74) is 10.8. The summed E-state index contributed by atoms with van der Waals surface area (Å²) in [6.07, 6.45) is 0.506. The van der Waals surface area contributed by atoms with Crippen molar-refractivity contribution in [3.8, 4) is 0 Å². The van der Waals surface area contributed by atoms with Gasteiger partial charge >= 0.3 is 0 Å². The van der Waals surface area contributed by atoms with Crippen molar-refractivity contribution in [2.45, 2.75) is 25.0 Å². The van der Waals surface area contributed by atoms with E-state index in [9.17, 15) is 9.90 Å². The lowest BCUT2D eigenvalue weighted by Crippen LogP contribution is -2.40. The van der Waals surface area contributed by atoms with E-state index in [1.807, 2.05) is 0 Å². The summed E-state index contributed by atoms with van der Waals surface area (Å²) in [6.45, 7) is 1.16. The van der Waals surface area contributed by atoms with Gasteiger partial charge in [-0.25, -0.2) is 0 Å². The fourth-order valence-electron chi connectivity index (χ4n) is 1.69. The molecular formula is C8H17N3O2. The molecule has 1 fully saturated rings. The number of rotatable bonds is 3. The second-order valence-corrected chi connectivity index (χ2v) is 3.36. The van der Waals surface area contributed by atoms with E-state index in [-0.39, 0.29) is 11.9 Å². The summed E-state index contributed by atoms with van der Waals surface area (Å²) >= 11 is 0. The Balaban J connectivity index is 2.52. The molecule has 2 unspecified atom stereocenters. The third kappa shape index (κ3) is 2.40. The van der Waals surface area contributed by atoms with Crippen LogP contribution in [0.3, 0.4) is 0 Å². The predicted octanol–water partition coefficient (Wildman–Crippen LogP) is -1.74.